The molecule has 1 saturated heterocycles. The van der Waals surface area contributed by atoms with Crippen LogP contribution in [0.2, 0.25) is 10.0 Å². The second-order valence-corrected chi connectivity index (χ2v) is 6.86. The zero-order valence-corrected chi connectivity index (χ0v) is 14.3. The SMILES string of the molecule is COC1(C)CCCN(CCC(N)c2cccc(Cl)c2Cl)C1. The molecule has 5 heteroatoms. The maximum absolute atomic E-state index is 6.28. The quantitative estimate of drug-likeness (QED) is 0.890. The van der Waals surface area contributed by atoms with Gasteiger partial charge >= 0.3 is 0 Å². The van der Waals surface area contributed by atoms with Crippen LogP contribution in [0.5, 0.6) is 0 Å². The van der Waals surface area contributed by atoms with Gasteiger partial charge in [-0.25, -0.2) is 0 Å². The lowest BCUT2D eigenvalue weighted by Crippen LogP contribution is -2.47. The van der Waals surface area contributed by atoms with Crippen LogP contribution >= 0.6 is 23.2 Å². The van der Waals surface area contributed by atoms with Crippen molar-refractivity contribution in [3.05, 3.63) is 33.8 Å². The van der Waals surface area contributed by atoms with E-state index >= 15 is 0 Å². The number of halogens is 2. The number of nitrogens with zero attached hydrogens (tertiary/aromatic N) is 1. The highest BCUT2D eigenvalue weighted by Gasteiger charge is 2.30. The molecule has 0 bridgehead atoms. The van der Waals surface area contributed by atoms with Gasteiger partial charge in [0.05, 0.1) is 15.6 Å². The van der Waals surface area contributed by atoms with Crippen molar-refractivity contribution in [1.82, 2.24) is 4.90 Å². The minimum absolute atomic E-state index is 0.0317. The fourth-order valence-electron chi connectivity index (χ4n) is 2.95. The number of rotatable bonds is 5. The van der Waals surface area contributed by atoms with Gasteiger partial charge in [0.25, 0.3) is 0 Å². The fraction of sp³-hybridized carbons (Fsp3) is 0.625. The Morgan fingerprint density at radius 3 is 2.90 bits per heavy atom. The predicted octanol–water partition coefficient (Wildman–Crippen LogP) is 3.88. The van der Waals surface area contributed by atoms with Crippen molar-refractivity contribution in [2.45, 2.75) is 37.8 Å². The normalized spacial score (nSPS) is 25.0. The number of benzene rings is 1. The Morgan fingerprint density at radius 2 is 2.19 bits per heavy atom. The number of likely N-dealkylation sites (tertiary alicyclic amines) is 1. The van der Waals surface area contributed by atoms with Gasteiger partial charge in [-0.1, -0.05) is 35.3 Å². The second-order valence-electron chi connectivity index (χ2n) is 6.07. The molecule has 2 unspecified atom stereocenters. The molecule has 0 aliphatic carbocycles. The first-order valence-electron chi connectivity index (χ1n) is 7.42. The van der Waals surface area contributed by atoms with E-state index in [0.717, 1.165) is 44.5 Å². The van der Waals surface area contributed by atoms with Gasteiger partial charge in [0.2, 0.25) is 0 Å². The third kappa shape index (κ3) is 4.33. The molecule has 1 aromatic rings. The smallest absolute Gasteiger partial charge is 0.0777 e. The molecule has 0 spiro atoms. The van der Waals surface area contributed by atoms with E-state index in [2.05, 4.69) is 11.8 Å². The van der Waals surface area contributed by atoms with E-state index in [-0.39, 0.29) is 11.6 Å². The molecule has 21 heavy (non-hydrogen) atoms. The molecular weight excluding hydrogens is 307 g/mol. The summed E-state index contributed by atoms with van der Waals surface area (Å²) < 4.78 is 5.62. The van der Waals surface area contributed by atoms with Crippen molar-refractivity contribution >= 4 is 23.2 Å². The molecule has 3 nitrogen and oxygen atoms in total. The monoisotopic (exact) mass is 330 g/mol. The van der Waals surface area contributed by atoms with Crippen LogP contribution in [0.4, 0.5) is 0 Å². The number of hydrogen-bond donors (Lipinski definition) is 1. The van der Waals surface area contributed by atoms with Crippen molar-refractivity contribution < 1.29 is 4.74 Å². The predicted molar refractivity (Wildman–Crippen MR) is 89.1 cm³/mol. The molecule has 0 radical (unpaired) electrons. The molecule has 1 aromatic carbocycles. The number of piperidine rings is 1. The van der Waals surface area contributed by atoms with Gasteiger partial charge in [0.1, 0.15) is 0 Å². The fourth-order valence-corrected chi connectivity index (χ4v) is 3.40. The largest absolute Gasteiger partial charge is 0.377 e. The Labute approximate surface area is 137 Å². The maximum atomic E-state index is 6.28. The topological polar surface area (TPSA) is 38.5 Å². The molecule has 0 aromatic heterocycles. The maximum Gasteiger partial charge on any atom is 0.0777 e. The number of ether oxygens (including phenoxy) is 1. The second kappa shape index (κ2) is 7.30. The highest BCUT2D eigenvalue weighted by Crippen LogP contribution is 2.31. The van der Waals surface area contributed by atoms with E-state index < -0.39 is 0 Å². The van der Waals surface area contributed by atoms with E-state index in [4.69, 9.17) is 33.7 Å². The van der Waals surface area contributed by atoms with Crippen molar-refractivity contribution in [2.24, 2.45) is 5.73 Å². The van der Waals surface area contributed by atoms with Crippen molar-refractivity contribution in [2.75, 3.05) is 26.7 Å². The number of nitrogens with two attached hydrogens (primary N) is 1. The summed E-state index contributed by atoms with van der Waals surface area (Å²) in [6.07, 6.45) is 3.14. The molecule has 0 saturated carbocycles. The first-order chi connectivity index (χ1) is 9.95. The minimum atomic E-state index is -0.0908. The van der Waals surface area contributed by atoms with Gasteiger partial charge in [0.15, 0.2) is 0 Å². The highest BCUT2D eigenvalue weighted by molar-refractivity contribution is 6.42. The molecule has 2 rings (SSSR count). The summed E-state index contributed by atoms with van der Waals surface area (Å²) in [5.74, 6) is 0. The Hall–Kier alpha value is -0.320. The molecule has 1 fully saturated rings. The first-order valence-corrected chi connectivity index (χ1v) is 8.18. The lowest BCUT2D eigenvalue weighted by Gasteiger charge is -2.39. The van der Waals surface area contributed by atoms with E-state index in [1.54, 1.807) is 13.2 Å². The molecule has 1 aliphatic heterocycles. The zero-order chi connectivity index (χ0) is 15.5. The van der Waals surface area contributed by atoms with E-state index in [0.29, 0.717) is 10.0 Å². The summed E-state index contributed by atoms with van der Waals surface area (Å²) in [4.78, 5) is 2.42. The average molecular weight is 331 g/mol. The van der Waals surface area contributed by atoms with Crippen LogP contribution in [0, 0.1) is 0 Å². The van der Waals surface area contributed by atoms with Gasteiger partial charge in [-0.05, 0) is 44.4 Å². The van der Waals surface area contributed by atoms with E-state index in [1.165, 1.54) is 0 Å². The first kappa shape index (κ1) is 17.0. The summed E-state index contributed by atoms with van der Waals surface area (Å²) in [6, 6.07) is 5.54. The van der Waals surface area contributed by atoms with Crippen LogP contribution in [0.25, 0.3) is 0 Å². The molecule has 0 amide bonds. The summed E-state index contributed by atoms with van der Waals surface area (Å²) in [5, 5.41) is 1.14. The average Bonchev–Trinajstić information content (AvgIpc) is 2.48. The molecule has 2 atom stereocenters. The van der Waals surface area contributed by atoms with Gasteiger partial charge < -0.3 is 15.4 Å². The van der Waals surface area contributed by atoms with Gasteiger partial charge in [0, 0.05) is 26.2 Å². The third-order valence-corrected chi connectivity index (χ3v) is 5.20. The van der Waals surface area contributed by atoms with Gasteiger partial charge in [-0.15, -0.1) is 0 Å². The number of hydrogen-bond acceptors (Lipinski definition) is 3. The van der Waals surface area contributed by atoms with Gasteiger partial charge in [-0.2, -0.15) is 0 Å². The standard InChI is InChI=1S/C16H24Cl2N2O/c1-16(21-2)8-4-9-20(11-16)10-7-14(19)12-5-3-6-13(17)15(12)18/h3,5-6,14H,4,7-11,19H2,1-2H3. The van der Waals surface area contributed by atoms with Crippen LogP contribution in [0.1, 0.15) is 37.8 Å². The molecule has 118 valence electrons. The minimum Gasteiger partial charge on any atom is -0.377 e. The number of methoxy groups -OCH3 is 1. The lowest BCUT2D eigenvalue weighted by atomic mass is 9.94. The van der Waals surface area contributed by atoms with Crippen LogP contribution in [-0.4, -0.2) is 37.2 Å². The summed E-state index contributed by atoms with van der Waals surface area (Å²) in [5.41, 5.74) is 7.18. The van der Waals surface area contributed by atoms with Crippen LogP contribution in [-0.2, 0) is 4.74 Å². The third-order valence-electron chi connectivity index (χ3n) is 4.37. The van der Waals surface area contributed by atoms with Crippen LogP contribution < -0.4 is 5.73 Å². The van der Waals surface area contributed by atoms with Crippen LogP contribution in [0.3, 0.4) is 0 Å². The molecule has 1 heterocycles. The van der Waals surface area contributed by atoms with E-state index in [9.17, 15) is 0 Å². The van der Waals surface area contributed by atoms with Crippen molar-refractivity contribution in [3.63, 3.8) is 0 Å². The summed E-state index contributed by atoms with van der Waals surface area (Å²) in [7, 11) is 1.79. The Balaban J connectivity index is 1.92. The van der Waals surface area contributed by atoms with Gasteiger partial charge in [-0.3, -0.25) is 0 Å². The highest BCUT2D eigenvalue weighted by atomic mass is 35.5. The molecule has 2 N–H and O–H groups in total. The Kier molecular flexibility index (Phi) is 5.92. The lowest BCUT2D eigenvalue weighted by molar-refractivity contribution is -0.0510. The Bertz CT molecular complexity index is 483. The Morgan fingerprint density at radius 1 is 1.43 bits per heavy atom. The van der Waals surface area contributed by atoms with E-state index in [1.807, 2.05) is 12.1 Å². The molecule has 1 aliphatic rings. The van der Waals surface area contributed by atoms with Crippen LogP contribution in [0.15, 0.2) is 18.2 Å². The van der Waals surface area contributed by atoms with Crippen molar-refractivity contribution in [3.8, 4) is 0 Å². The zero-order valence-electron chi connectivity index (χ0n) is 12.7. The summed E-state index contributed by atoms with van der Waals surface area (Å²) in [6.45, 7) is 5.18. The molecular formula is C16H24Cl2N2O. The summed E-state index contributed by atoms with van der Waals surface area (Å²) >= 11 is 12.3. The van der Waals surface area contributed by atoms with Crippen molar-refractivity contribution in [1.29, 1.82) is 0 Å².